The number of methoxy groups -OCH3 is 1. The molecule has 0 spiro atoms. The summed E-state index contributed by atoms with van der Waals surface area (Å²) in [4.78, 5) is 27.9. The Hall–Kier alpha value is -2.25. The number of nitrogens with one attached hydrogen (secondary N) is 1. The molecule has 1 amide bonds. The molecule has 122 valence electrons. The van der Waals surface area contributed by atoms with E-state index in [9.17, 15) is 9.59 Å². The molecule has 0 saturated heterocycles. The predicted octanol–water partition coefficient (Wildman–Crippen LogP) is 2.03. The van der Waals surface area contributed by atoms with Gasteiger partial charge in [-0.1, -0.05) is 30.3 Å². The molecule has 0 bridgehead atoms. The van der Waals surface area contributed by atoms with Crippen molar-refractivity contribution in [3.63, 3.8) is 0 Å². The lowest BCUT2D eigenvalue weighted by Crippen LogP contribution is -2.29. The van der Waals surface area contributed by atoms with Crippen molar-refractivity contribution in [2.75, 3.05) is 7.11 Å². The molecular weight excluding hydrogens is 314 g/mol. The smallest absolute Gasteiger partial charge is 0.305 e. The van der Waals surface area contributed by atoms with Crippen molar-refractivity contribution in [3.8, 4) is 0 Å². The molecule has 1 heterocycles. The van der Waals surface area contributed by atoms with Crippen molar-refractivity contribution in [1.29, 1.82) is 0 Å². The van der Waals surface area contributed by atoms with E-state index in [-0.39, 0.29) is 24.3 Å². The molecule has 7 heteroatoms. The van der Waals surface area contributed by atoms with Crippen LogP contribution in [0, 0.1) is 0 Å². The molecule has 23 heavy (non-hydrogen) atoms. The number of rotatable bonds is 7. The van der Waals surface area contributed by atoms with E-state index in [1.807, 2.05) is 30.3 Å². The first-order valence-corrected chi connectivity index (χ1v) is 8.09. The monoisotopic (exact) mass is 333 g/mol. The Morgan fingerprint density at radius 1 is 1.35 bits per heavy atom. The number of thiazole rings is 1. The summed E-state index contributed by atoms with van der Waals surface area (Å²) in [6.07, 6.45) is 0.678. The average Bonchev–Trinajstić information content (AvgIpc) is 3.08. The molecule has 2 rings (SSSR count). The summed E-state index contributed by atoms with van der Waals surface area (Å²) < 4.78 is 4.67. The second kappa shape index (κ2) is 8.40. The van der Waals surface area contributed by atoms with E-state index in [1.54, 1.807) is 5.38 Å². The number of aromatic nitrogens is 1. The van der Waals surface area contributed by atoms with Gasteiger partial charge >= 0.3 is 5.97 Å². The Kier molecular flexibility index (Phi) is 6.25. The minimum Gasteiger partial charge on any atom is -0.469 e. The normalized spacial score (nSPS) is 11.7. The highest BCUT2D eigenvalue weighted by Gasteiger charge is 2.19. The van der Waals surface area contributed by atoms with Crippen molar-refractivity contribution in [2.45, 2.75) is 25.4 Å². The molecule has 6 nitrogen and oxygen atoms in total. The van der Waals surface area contributed by atoms with Gasteiger partial charge in [0, 0.05) is 18.3 Å². The fourth-order valence-electron chi connectivity index (χ4n) is 2.11. The topological polar surface area (TPSA) is 94.3 Å². The molecule has 0 fully saturated rings. The fraction of sp³-hybridized carbons (Fsp3) is 0.312. The Labute approximate surface area is 138 Å². The second-order valence-corrected chi connectivity index (χ2v) is 5.82. The van der Waals surface area contributed by atoms with E-state index in [0.29, 0.717) is 23.7 Å². The van der Waals surface area contributed by atoms with Gasteiger partial charge in [0.05, 0.1) is 13.2 Å². The van der Waals surface area contributed by atoms with Crippen LogP contribution in [0.4, 0.5) is 0 Å². The van der Waals surface area contributed by atoms with Crippen LogP contribution in [0.5, 0.6) is 0 Å². The number of carbonyl (C=O) groups is 2. The van der Waals surface area contributed by atoms with E-state index in [0.717, 1.165) is 5.56 Å². The SMILES string of the molecule is COC(=O)CCC(NC(=O)c1csc(CN)n1)c1ccccc1. The number of ether oxygens (including phenoxy) is 1. The standard InChI is InChI=1S/C16H19N3O3S/c1-22-15(20)8-7-12(11-5-3-2-4-6-11)19-16(21)13-10-23-14(9-17)18-13/h2-6,10,12H,7-9,17H2,1H3,(H,19,21). The number of hydrogen-bond donors (Lipinski definition) is 2. The highest BCUT2D eigenvalue weighted by molar-refractivity contribution is 7.09. The Morgan fingerprint density at radius 3 is 2.70 bits per heavy atom. The number of amides is 1. The molecule has 1 aromatic heterocycles. The highest BCUT2D eigenvalue weighted by Crippen LogP contribution is 2.20. The van der Waals surface area contributed by atoms with Crippen LogP contribution < -0.4 is 11.1 Å². The van der Waals surface area contributed by atoms with Gasteiger partial charge in [-0.2, -0.15) is 0 Å². The number of nitrogens with two attached hydrogens (primary N) is 1. The van der Waals surface area contributed by atoms with E-state index < -0.39 is 0 Å². The summed E-state index contributed by atoms with van der Waals surface area (Å²) in [6.45, 7) is 0.308. The summed E-state index contributed by atoms with van der Waals surface area (Å²) in [5, 5.41) is 5.31. The molecule has 3 N–H and O–H groups in total. The first-order chi connectivity index (χ1) is 11.1. The first kappa shape index (κ1) is 17.1. The van der Waals surface area contributed by atoms with Crippen LogP contribution in [-0.2, 0) is 16.1 Å². The fourth-order valence-corrected chi connectivity index (χ4v) is 2.77. The van der Waals surface area contributed by atoms with Crippen LogP contribution in [0.2, 0.25) is 0 Å². The van der Waals surface area contributed by atoms with Gasteiger partial charge in [0.15, 0.2) is 0 Å². The van der Waals surface area contributed by atoms with Gasteiger partial charge in [0.25, 0.3) is 5.91 Å². The van der Waals surface area contributed by atoms with Crippen molar-refractivity contribution in [2.24, 2.45) is 5.73 Å². The third-order valence-electron chi connectivity index (χ3n) is 3.33. The molecule has 0 aliphatic heterocycles. The minimum atomic E-state index is -0.306. The van der Waals surface area contributed by atoms with Gasteiger partial charge in [0.1, 0.15) is 10.7 Å². The predicted molar refractivity (Wildman–Crippen MR) is 87.9 cm³/mol. The summed E-state index contributed by atoms with van der Waals surface area (Å²) in [5.41, 5.74) is 6.79. The molecule has 0 aliphatic rings. The third-order valence-corrected chi connectivity index (χ3v) is 4.20. The van der Waals surface area contributed by atoms with Crippen LogP contribution in [-0.4, -0.2) is 24.0 Å². The zero-order valence-corrected chi connectivity index (χ0v) is 13.6. The van der Waals surface area contributed by atoms with E-state index in [1.165, 1.54) is 18.4 Å². The molecule has 2 aromatic rings. The number of hydrogen-bond acceptors (Lipinski definition) is 6. The van der Waals surface area contributed by atoms with Crippen LogP contribution in [0.25, 0.3) is 0 Å². The van der Waals surface area contributed by atoms with Crippen molar-refractivity contribution in [3.05, 3.63) is 52.0 Å². The first-order valence-electron chi connectivity index (χ1n) is 7.21. The van der Waals surface area contributed by atoms with Crippen LogP contribution in [0.3, 0.4) is 0 Å². The van der Waals surface area contributed by atoms with Gasteiger partial charge in [-0.25, -0.2) is 4.98 Å². The lowest BCUT2D eigenvalue weighted by atomic mass is 10.0. The molecule has 1 unspecified atom stereocenters. The van der Waals surface area contributed by atoms with Gasteiger partial charge in [-0.3, -0.25) is 9.59 Å². The number of nitrogens with zero attached hydrogens (tertiary/aromatic N) is 1. The van der Waals surface area contributed by atoms with Gasteiger partial charge < -0.3 is 15.8 Å². The molecule has 1 atom stereocenters. The van der Waals surface area contributed by atoms with E-state index >= 15 is 0 Å². The maximum atomic E-state index is 12.3. The van der Waals surface area contributed by atoms with Crippen molar-refractivity contribution in [1.82, 2.24) is 10.3 Å². The Bertz CT molecular complexity index is 658. The summed E-state index contributed by atoms with van der Waals surface area (Å²) in [5.74, 6) is -0.584. The molecule has 0 aliphatic carbocycles. The van der Waals surface area contributed by atoms with Crippen molar-refractivity contribution >= 4 is 23.2 Å². The number of benzene rings is 1. The largest absolute Gasteiger partial charge is 0.469 e. The zero-order chi connectivity index (χ0) is 16.7. The van der Waals surface area contributed by atoms with Gasteiger partial charge in [-0.15, -0.1) is 11.3 Å². The maximum absolute atomic E-state index is 12.3. The molecular formula is C16H19N3O3S. The summed E-state index contributed by atoms with van der Waals surface area (Å²) in [6, 6.07) is 9.22. The van der Waals surface area contributed by atoms with E-state index in [2.05, 4.69) is 15.0 Å². The molecule has 0 saturated carbocycles. The summed E-state index contributed by atoms with van der Waals surface area (Å²) >= 11 is 1.35. The minimum absolute atomic E-state index is 0.224. The van der Waals surface area contributed by atoms with Crippen LogP contribution in [0.1, 0.15) is 39.9 Å². The summed E-state index contributed by atoms with van der Waals surface area (Å²) in [7, 11) is 1.35. The van der Waals surface area contributed by atoms with Gasteiger partial charge in [0.2, 0.25) is 0 Å². The second-order valence-electron chi connectivity index (χ2n) is 4.88. The zero-order valence-electron chi connectivity index (χ0n) is 12.8. The molecule has 0 radical (unpaired) electrons. The lowest BCUT2D eigenvalue weighted by Gasteiger charge is -2.18. The van der Waals surface area contributed by atoms with Crippen LogP contribution >= 0.6 is 11.3 Å². The third kappa shape index (κ3) is 4.87. The van der Waals surface area contributed by atoms with E-state index in [4.69, 9.17) is 5.73 Å². The Morgan fingerprint density at radius 2 is 2.09 bits per heavy atom. The highest BCUT2D eigenvalue weighted by atomic mass is 32.1. The maximum Gasteiger partial charge on any atom is 0.305 e. The average molecular weight is 333 g/mol. The van der Waals surface area contributed by atoms with Gasteiger partial charge in [-0.05, 0) is 12.0 Å². The molecule has 1 aromatic carbocycles. The Balaban J connectivity index is 2.10. The quantitative estimate of drug-likeness (QED) is 0.756. The van der Waals surface area contributed by atoms with Crippen molar-refractivity contribution < 1.29 is 14.3 Å². The lowest BCUT2D eigenvalue weighted by molar-refractivity contribution is -0.140. The van der Waals surface area contributed by atoms with Crippen LogP contribution in [0.15, 0.2) is 35.7 Å². The number of esters is 1. The number of carbonyl (C=O) groups excluding carboxylic acids is 2.